The van der Waals surface area contributed by atoms with Crippen LogP contribution < -0.4 is 10.1 Å². The molecule has 8 heteroatoms. The number of H-pyrrole nitrogens is 1. The third kappa shape index (κ3) is 6.54. The minimum absolute atomic E-state index is 0.0373. The van der Waals surface area contributed by atoms with Crippen LogP contribution in [0.5, 0.6) is 5.75 Å². The van der Waals surface area contributed by atoms with Gasteiger partial charge in [0.15, 0.2) is 0 Å². The summed E-state index contributed by atoms with van der Waals surface area (Å²) >= 11 is 9.35. The normalized spacial score (nSPS) is 11.3. The highest BCUT2D eigenvalue weighted by Crippen LogP contribution is 2.36. The van der Waals surface area contributed by atoms with E-state index in [1.807, 2.05) is 72.9 Å². The van der Waals surface area contributed by atoms with Crippen LogP contribution in [0, 0.1) is 14.9 Å². The van der Waals surface area contributed by atoms with E-state index >= 15 is 0 Å². The molecule has 0 saturated heterocycles. The van der Waals surface area contributed by atoms with Crippen LogP contribution in [0.1, 0.15) is 16.7 Å². The maximum Gasteiger partial charge on any atom is 0.261 e. The van der Waals surface area contributed by atoms with Crippen molar-refractivity contribution in [3.63, 3.8) is 0 Å². The quantitative estimate of drug-likeness (QED) is 0.116. The molecule has 0 unspecified atom stereocenters. The first kappa shape index (κ1) is 25.5. The average molecular weight is 705 g/mol. The molecule has 0 atom stereocenters. The second-order valence-corrected chi connectivity index (χ2v) is 10.7. The van der Waals surface area contributed by atoms with E-state index in [1.54, 1.807) is 6.08 Å². The number of carbonyl (C=O) groups is 1. The lowest BCUT2D eigenvalue weighted by Crippen LogP contribution is -2.26. The maximum atomic E-state index is 12.6. The van der Waals surface area contributed by atoms with Crippen LogP contribution in [0.25, 0.3) is 17.0 Å². The van der Waals surface area contributed by atoms with Gasteiger partial charge in [0.1, 0.15) is 24.0 Å². The summed E-state index contributed by atoms with van der Waals surface area (Å²) in [6.45, 7) is 0.851. The summed E-state index contributed by atoms with van der Waals surface area (Å²) in [5.74, 6) is 0.251. The van der Waals surface area contributed by atoms with E-state index in [2.05, 4.69) is 64.8 Å². The van der Waals surface area contributed by atoms with Gasteiger partial charge in [-0.1, -0.05) is 30.3 Å². The minimum atomic E-state index is -0.404. The molecule has 1 heterocycles. The predicted octanol–water partition coefficient (Wildman–Crippen LogP) is 7.14. The molecule has 1 aromatic heterocycles. The van der Waals surface area contributed by atoms with Crippen molar-refractivity contribution in [1.29, 1.82) is 5.26 Å². The number of aromatic amines is 1. The van der Waals surface area contributed by atoms with Crippen LogP contribution >= 0.6 is 54.5 Å². The minimum Gasteiger partial charge on any atom is -0.487 e. The number of carbonyl (C=O) groups excluding carboxylic acids is 1. The Balaban J connectivity index is 1.40. The Morgan fingerprint density at radius 3 is 2.54 bits per heavy atom. The van der Waals surface area contributed by atoms with Crippen molar-refractivity contribution in [2.75, 3.05) is 6.54 Å². The molecular weight excluding hydrogens is 685 g/mol. The smallest absolute Gasteiger partial charge is 0.261 e. The van der Waals surface area contributed by atoms with Gasteiger partial charge < -0.3 is 15.0 Å². The van der Waals surface area contributed by atoms with Gasteiger partial charge >= 0.3 is 0 Å². The van der Waals surface area contributed by atoms with Crippen LogP contribution in [0.2, 0.25) is 0 Å². The second kappa shape index (κ2) is 11.9. The number of hydrogen-bond donors (Lipinski definition) is 2. The van der Waals surface area contributed by atoms with E-state index in [1.165, 1.54) is 3.57 Å². The first-order chi connectivity index (χ1) is 16.9. The molecule has 4 aromatic rings. The van der Waals surface area contributed by atoms with Gasteiger partial charge in [0, 0.05) is 27.2 Å². The fourth-order valence-corrected chi connectivity index (χ4v) is 5.41. The van der Waals surface area contributed by atoms with Crippen molar-refractivity contribution < 1.29 is 9.53 Å². The van der Waals surface area contributed by atoms with E-state index in [-0.39, 0.29) is 5.57 Å². The molecule has 1 amide bonds. The number of para-hydroxylation sites is 1. The van der Waals surface area contributed by atoms with Crippen molar-refractivity contribution >= 4 is 77.3 Å². The number of fused-ring (bicyclic) bond motifs is 1. The van der Waals surface area contributed by atoms with Gasteiger partial charge in [-0.05, 0) is 114 Å². The van der Waals surface area contributed by atoms with Crippen LogP contribution in [0.4, 0.5) is 0 Å². The van der Waals surface area contributed by atoms with Crippen molar-refractivity contribution in [2.45, 2.75) is 13.0 Å². The first-order valence-electron chi connectivity index (χ1n) is 10.8. The molecule has 0 aliphatic rings. The standard InChI is InChI=1S/C27H20Br2IN3O2/c28-23-12-18(13-24(29)26(23)35-16-17-5-7-21(30)8-6-17)11-20(14-31)27(34)32-10-9-19-15-33-25-4-2-1-3-22(19)25/h1-8,11-13,15,33H,9-10,16H2,(H,32,34)/b20-11-. The Hall–Kier alpha value is -2.61. The number of halogens is 3. The molecule has 0 aliphatic heterocycles. The SMILES string of the molecule is N#C/C(=C/c1cc(Br)c(OCc2ccc(I)cc2)c(Br)c1)C(=O)NCCc1c[nH]c2ccccc12. The van der Waals surface area contributed by atoms with Gasteiger partial charge in [-0.2, -0.15) is 5.26 Å². The highest BCUT2D eigenvalue weighted by atomic mass is 127. The zero-order valence-corrected chi connectivity index (χ0v) is 23.8. The van der Waals surface area contributed by atoms with Gasteiger partial charge in [0.05, 0.1) is 8.95 Å². The van der Waals surface area contributed by atoms with Gasteiger partial charge in [-0.3, -0.25) is 4.79 Å². The number of nitriles is 1. The Morgan fingerprint density at radius 2 is 1.83 bits per heavy atom. The molecule has 0 fully saturated rings. The highest BCUT2D eigenvalue weighted by molar-refractivity contribution is 14.1. The summed E-state index contributed by atoms with van der Waals surface area (Å²) in [6.07, 6.45) is 4.19. The predicted molar refractivity (Wildman–Crippen MR) is 154 cm³/mol. The zero-order chi connectivity index (χ0) is 24.8. The van der Waals surface area contributed by atoms with Crippen molar-refractivity contribution in [2.24, 2.45) is 0 Å². The molecule has 2 N–H and O–H groups in total. The van der Waals surface area contributed by atoms with E-state index in [4.69, 9.17) is 4.74 Å². The van der Waals surface area contributed by atoms with Gasteiger partial charge in [0.2, 0.25) is 0 Å². The van der Waals surface area contributed by atoms with Crippen LogP contribution in [0.15, 0.2) is 81.4 Å². The van der Waals surface area contributed by atoms with E-state index < -0.39 is 5.91 Å². The fourth-order valence-electron chi connectivity index (χ4n) is 3.60. The molecule has 0 aliphatic carbocycles. The van der Waals surface area contributed by atoms with E-state index in [9.17, 15) is 10.1 Å². The molecule has 35 heavy (non-hydrogen) atoms. The monoisotopic (exact) mass is 703 g/mol. The number of ether oxygens (including phenoxy) is 1. The van der Waals surface area contributed by atoms with Crippen LogP contribution in [-0.4, -0.2) is 17.4 Å². The highest BCUT2D eigenvalue weighted by Gasteiger charge is 2.13. The summed E-state index contributed by atoms with van der Waals surface area (Å²) in [6, 6.07) is 21.8. The Morgan fingerprint density at radius 1 is 1.11 bits per heavy atom. The first-order valence-corrected chi connectivity index (χ1v) is 13.4. The lowest BCUT2D eigenvalue weighted by atomic mass is 10.1. The van der Waals surface area contributed by atoms with Gasteiger partial charge in [-0.15, -0.1) is 0 Å². The lowest BCUT2D eigenvalue weighted by molar-refractivity contribution is -0.117. The number of aromatic nitrogens is 1. The summed E-state index contributed by atoms with van der Waals surface area (Å²) in [5, 5.41) is 13.6. The Labute approximate surface area is 234 Å². The number of amides is 1. The average Bonchev–Trinajstić information content (AvgIpc) is 3.26. The topological polar surface area (TPSA) is 77.9 Å². The largest absolute Gasteiger partial charge is 0.487 e. The number of rotatable bonds is 8. The summed E-state index contributed by atoms with van der Waals surface area (Å²) < 4.78 is 8.60. The van der Waals surface area contributed by atoms with E-state index in [0.29, 0.717) is 30.9 Å². The van der Waals surface area contributed by atoms with Crippen molar-refractivity contribution in [3.05, 3.63) is 102 Å². The summed E-state index contributed by atoms with van der Waals surface area (Å²) in [5.41, 5.74) is 3.99. The molecule has 0 radical (unpaired) electrons. The van der Waals surface area contributed by atoms with Crippen LogP contribution in [0.3, 0.4) is 0 Å². The number of hydrogen-bond acceptors (Lipinski definition) is 3. The third-order valence-corrected chi connectivity index (χ3v) is 7.25. The van der Waals surface area contributed by atoms with E-state index in [0.717, 1.165) is 31.0 Å². The second-order valence-electron chi connectivity index (χ2n) is 7.76. The lowest BCUT2D eigenvalue weighted by Gasteiger charge is -2.12. The van der Waals surface area contributed by atoms with Crippen LogP contribution in [-0.2, 0) is 17.8 Å². The fraction of sp³-hybridized carbons (Fsp3) is 0.111. The molecule has 0 bridgehead atoms. The number of nitrogens with zero attached hydrogens (tertiary/aromatic N) is 1. The number of benzene rings is 3. The molecule has 3 aromatic carbocycles. The molecule has 5 nitrogen and oxygen atoms in total. The molecule has 176 valence electrons. The van der Waals surface area contributed by atoms with Crippen molar-refractivity contribution in [3.8, 4) is 11.8 Å². The Kier molecular flexibility index (Phi) is 8.65. The molecular formula is C27H20Br2IN3O2. The van der Waals surface area contributed by atoms with Gasteiger partial charge in [0.25, 0.3) is 5.91 Å². The third-order valence-electron chi connectivity index (χ3n) is 5.35. The molecule has 0 saturated carbocycles. The summed E-state index contributed by atoms with van der Waals surface area (Å²) in [7, 11) is 0. The van der Waals surface area contributed by atoms with Crippen molar-refractivity contribution in [1.82, 2.24) is 10.3 Å². The zero-order valence-electron chi connectivity index (χ0n) is 18.4. The maximum absolute atomic E-state index is 12.6. The molecule has 0 spiro atoms. The molecule has 4 rings (SSSR count). The summed E-state index contributed by atoms with van der Waals surface area (Å²) in [4.78, 5) is 15.9. The Bertz CT molecular complexity index is 1420. The number of nitrogens with one attached hydrogen (secondary N) is 2. The van der Waals surface area contributed by atoms with Gasteiger partial charge in [-0.25, -0.2) is 0 Å².